The van der Waals surface area contributed by atoms with Gasteiger partial charge in [0.05, 0.1) is 11.9 Å². The van der Waals surface area contributed by atoms with E-state index in [1.165, 1.54) is 18.0 Å². The highest BCUT2D eigenvalue weighted by molar-refractivity contribution is 5.83. The third-order valence-electron chi connectivity index (χ3n) is 4.75. The molecular formula is C22H16N4O3. The standard InChI is InChI=1S/C22H16N4O3/c1-13-3-5-15(6-4-13)26-21-18(11-25-26)22(24-12-23-21)28-16-7-8-17-14(2)9-20(27)29-19(17)10-16/h3-12H,1-2H3. The third-order valence-corrected chi connectivity index (χ3v) is 4.75. The smallest absolute Gasteiger partial charge is 0.336 e. The van der Waals surface area contributed by atoms with Gasteiger partial charge in [-0.1, -0.05) is 17.7 Å². The molecule has 0 atom stereocenters. The lowest BCUT2D eigenvalue weighted by Crippen LogP contribution is -1.99. The predicted octanol–water partition coefficient (Wildman–Crippen LogP) is 4.33. The molecule has 0 spiro atoms. The van der Waals surface area contributed by atoms with Crippen molar-refractivity contribution in [1.82, 2.24) is 19.7 Å². The number of rotatable bonds is 3. The maximum Gasteiger partial charge on any atom is 0.336 e. The molecule has 0 aliphatic rings. The van der Waals surface area contributed by atoms with Crippen molar-refractivity contribution >= 4 is 22.0 Å². The summed E-state index contributed by atoms with van der Waals surface area (Å²) in [5.41, 5.74) is 3.64. The van der Waals surface area contributed by atoms with Crippen LogP contribution in [0, 0.1) is 13.8 Å². The van der Waals surface area contributed by atoms with Crippen molar-refractivity contribution in [2.45, 2.75) is 13.8 Å². The molecule has 0 aliphatic carbocycles. The Labute approximate surface area is 165 Å². The van der Waals surface area contributed by atoms with Crippen molar-refractivity contribution in [3.05, 3.63) is 82.6 Å². The Balaban J connectivity index is 1.57. The molecule has 2 aromatic carbocycles. The van der Waals surface area contributed by atoms with Gasteiger partial charge in [-0.3, -0.25) is 0 Å². The van der Waals surface area contributed by atoms with Crippen LogP contribution in [0.1, 0.15) is 11.1 Å². The van der Waals surface area contributed by atoms with Crippen LogP contribution in [-0.4, -0.2) is 19.7 Å². The maximum atomic E-state index is 11.7. The Kier molecular flexibility index (Phi) is 3.87. The summed E-state index contributed by atoms with van der Waals surface area (Å²) in [6.45, 7) is 3.90. The van der Waals surface area contributed by atoms with Crippen molar-refractivity contribution in [2.75, 3.05) is 0 Å². The van der Waals surface area contributed by atoms with E-state index in [-0.39, 0.29) is 0 Å². The van der Waals surface area contributed by atoms with E-state index in [1.807, 2.05) is 50.2 Å². The Morgan fingerprint density at radius 2 is 1.79 bits per heavy atom. The van der Waals surface area contributed by atoms with Crippen LogP contribution in [0.2, 0.25) is 0 Å². The van der Waals surface area contributed by atoms with Crippen molar-refractivity contribution in [2.24, 2.45) is 0 Å². The molecule has 5 rings (SSSR count). The average molecular weight is 384 g/mol. The summed E-state index contributed by atoms with van der Waals surface area (Å²) in [4.78, 5) is 20.3. The SMILES string of the molecule is Cc1ccc(-n2ncc3c(Oc4ccc5c(C)cc(=O)oc5c4)ncnc32)cc1. The molecular weight excluding hydrogens is 368 g/mol. The third kappa shape index (κ3) is 3.02. The first kappa shape index (κ1) is 17.1. The Hall–Kier alpha value is -4.00. The summed E-state index contributed by atoms with van der Waals surface area (Å²) in [6, 6.07) is 14.8. The van der Waals surface area contributed by atoms with E-state index in [9.17, 15) is 4.79 Å². The molecule has 142 valence electrons. The Bertz CT molecular complexity index is 1420. The average Bonchev–Trinajstić information content (AvgIpc) is 3.13. The largest absolute Gasteiger partial charge is 0.438 e. The van der Waals surface area contributed by atoms with Gasteiger partial charge in [0, 0.05) is 17.5 Å². The van der Waals surface area contributed by atoms with E-state index in [0.717, 1.165) is 16.6 Å². The van der Waals surface area contributed by atoms with Crippen LogP contribution in [0.5, 0.6) is 11.6 Å². The fourth-order valence-corrected chi connectivity index (χ4v) is 3.26. The Morgan fingerprint density at radius 3 is 2.62 bits per heavy atom. The lowest BCUT2D eigenvalue weighted by atomic mass is 10.1. The highest BCUT2D eigenvalue weighted by Gasteiger charge is 2.13. The van der Waals surface area contributed by atoms with Crippen LogP contribution in [0.15, 0.2) is 70.3 Å². The number of ether oxygens (including phenoxy) is 1. The molecule has 7 nitrogen and oxygen atoms in total. The molecule has 5 aromatic rings. The van der Waals surface area contributed by atoms with Gasteiger partial charge < -0.3 is 9.15 Å². The lowest BCUT2D eigenvalue weighted by Gasteiger charge is -2.07. The molecule has 0 aliphatic heterocycles. The maximum absolute atomic E-state index is 11.7. The quantitative estimate of drug-likeness (QED) is 0.431. The molecule has 7 heteroatoms. The topological polar surface area (TPSA) is 83.0 Å². The number of hydrogen-bond donors (Lipinski definition) is 0. The summed E-state index contributed by atoms with van der Waals surface area (Å²) >= 11 is 0. The first-order valence-corrected chi connectivity index (χ1v) is 9.07. The molecule has 0 unspecified atom stereocenters. The fraction of sp³-hybridized carbons (Fsp3) is 0.0909. The number of benzene rings is 2. The van der Waals surface area contributed by atoms with Crippen molar-refractivity contribution in [3.8, 4) is 17.3 Å². The zero-order valence-corrected chi connectivity index (χ0v) is 15.8. The van der Waals surface area contributed by atoms with E-state index in [0.29, 0.717) is 28.2 Å². The van der Waals surface area contributed by atoms with Gasteiger partial charge in [0.15, 0.2) is 5.65 Å². The first-order valence-electron chi connectivity index (χ1n) is 9.07. The summed E-state index contributed by atoms with van der Waals surface area (Å²) in [7, 11) is 0. The first-order chi connectivity index (χ1) is 14.1. The van der Waals surface area contributed by atoms with Gasteiger partial charge in [-0.25, -0.2) is 19.4 Å². The minimum Gasteiger partial charge on any atom is -0.438 e. The van der Waals surface area contributed by atoms with Gasteiger partial charge >= 0.3 is 5.63 Å². The molecule has 0 saturated heterocycles. The molecule has 29 heavy (non-hydrogen) atoms. The highest BCUT2D eigenvalue weighted by atomic mass is 16.5. The molecule has 3 aromatic heterocycles. The molecule has 0 fully saturated rings. The molecule has 0 bridgehead atoms. The number of fused-ring (bicyclic) bond motifs is 2. The van der Waals surface area contributed by atoms with Gasteiger partial charge in [-0.05, 0) is 43.7 Å². The normalized spacial score (nSPS) is 11.2. The second-order valence-electron chi connectivity index (χ2n) is 6.82. The number of aryl methyl sites for hydroxylation is 2. The van der Waals surface area contributed by atoms with Crippen LogP contribution < -0.4 is 10.4 Å². The van der Waals surface area contributed by atoms with Crippen LogP contribution in [0.4, 0.5) is 0 Å². The summed E-state index contributed by atoms with van der Waals surface area (Å²) < 4.78 is 13.0. The van der Waals surface area contributed by atoms with E-state index in [2.05, 4.69) is 15.1 Å². The fourth-order valence-electron chi connectivity index (χ4n) is 3.26. The van der Waals surface area contributed by atoms with E-state index in [4.69, 9.17) is 9.15 Å². The second kappa shape index (κ2) is 6.56. The summed E-state index contributed by atoms with van der Waals surface area (Å²) in [5.74, 6) is 0.886. The molecule has 0 N–H and O–H groups in total. The number of nitrogens with zero attached hydrogens (tertiary/aromatic N) is 4. The number of aromatic nitrogens is 4. The minimum absolute atomic E-state index is 0.378. The van der Waals surface area contributed by atoms with Crippen molar-refractivity contribution in [1.29, 1.82) is 0 Å². The zero-order chi connectivity index (χ0) is 20.0. The number of hydrogen-bond acceptors (Lipinski definition) is 6. The van der Waals surface area contributed by atoms with E-state index < -0.39 is 5.63 Å². The second-order valence-corrected chi connectivity index (χ2v) is 6.82. The Morgan fingerprint density at radius 1 is 0.966 bits per heavy atom. The molecule has 0 amide bonds. The molecule has 0 radical (unpaired) electrons. The van der Waals surface area contributed by atoms with Gasteiger partial charge in [-0.2, -0.15) is 5.10 Å². The zero-order valence-electron chi connectivity index (χ0n) is 15.8. The summed E-state index contributed by atoms with van der Waals surface area (Å²) in [5, 5.41) is 5.98. The van der Waals surface area contributed by atoms with Crippen molar-refractivity contribution in [3.63, 3.8) is 0 Å². The van der Waals surface area contributed by atoms with Crippen LogP contribution in [0.3, 0.4) is 0 Å². The van der Waals surface area contributed by atoms with Crippen molar-refractivity contribution < 1.29 is 9.15 Å². The summed E-state index contributed by atoms with van der Waals surface area (Å²) in [6.07, 6.45) is 3.12. The van der Waals surface area contributed by atoms with Gasteiger partial charge in [0.2, 0.25) is 5.88 Å². The van der Waals surface area contributed by atoms with Gasteiger partial charge in [0.1, 0.15) is 23.0 Å². The van der Waals surface area contributed by atoms with Gasteiger partial charge in [-0.15, -0.1) is 0 Å². The molecule has 0 saturated carbocycles. The van der Waals surface area contributed by atoms with Gasteiger partial charge in [0.25, 0.3) is 0 Å². The predicted molar refractivity (Wildman–Crippen MR) is 109 cm³/mol. The van der Waals surface area contributed by atoms with E-state index in [1.54, 1.807) is 16.9 Å². The lowest BCUT2D eigenvalue weighted by molar-refractivity contribution is 0.466. The van der Waals surface area contributed by atoms with Crippen LogP contribution >= 0.6 is 0 Å². The highest BCUT2D eigenvalue weighted by Crippen LogP contribution is 2.30. The monoisotopic (exact) mass is 384 g/mol. The van der Waals surface area contributed by atoms with Crippen LogP contribution in [-0.2, 0) is 0 Å². The molecule has 3 heterocycles. The van der Waals surface area contributed by atoms with E-state index >= 15 is 0 Å². The minimum atomic E-state index is -0.393. The van der Waals surface area contributed by atoms with Crippen LogP contribution in [0.25, 0.3) is 27.7 Å².